The average Bonchev–Trinajstić information content (AvgIpc) is 2.24. The first-order valence-electron chi connectivity index (χ1n) is 5.79. The molecule has 0 saturated heterocycles. The van der Waals surface area contributed by atoms with Crippen LogP contribution in [0.5, 0.6) is 0 Å². The van der Waals surface area contributed by atoms with Crippen LogP contribution in [0.1, 0.15) is 33.1 Å². The number of hydrogen-bond donors (Lipinski definition) is 3. The zero-order valence-electron chi connectivity index (χ0n) is 10.7. The van der Waals surface area contributed by atoms with Crippen LogP contribution in [0.2, 0.25) is 0 Å². The Morgan fingerprint density at radius 2 is 1.56 bits per heavy atom. The summed E-state index contributed by atoms with van der Waals surface area (Å²) in [4.78, 5) is 33.3. The van der Waals surface area contributed by atoms with Gasteiger partial charge in [-0.3, -0.25) is 4.79 Å². The van der Waals surface area contributed by atoms with Crippen LogP contribution < -0.4 is 17.2 Å². The summed E-state index contributed by atoms with van der Waals surface area (Å²) in [6.45, 7) is 3.79. The largest absolute Gasteiger partial charge is 0.391 e. The molecule has 104 valence electrons. The number of ether oxygens (including phenoxy) is 1. The molecule has 0 aliphatic heterocycles. The second-order valence-corrected chi connectivity index (χ2v) is 4.59. The van der Waals surface area contributed by atoms with Gasteiger partial charge in [-0.15, -0.1) is 0 Å². The Kier molecular flexibility index (Phi) is 7.14. The van der Waals surface area contributed by atoms with Crippen molar-refractivity contribution in [3.63, 3.8) is 0 Å². The molecule has 0 aliphatic rings. The number of carbonyl (C=O) groups is 3. The van der Waals surface area contributed by atoms with Crippen LogP contribution in [0.25, 0.3) is 0 Å². The number of rotatable bonds is 7. The summed E-state index contributed by atoms with van der Waals surface area (Å²) in [5.41, 5.74) is 15.9. The lowest BCUT2D eigenvalue weighted by molar-refractivity contribution is -0.161. The molecule has 0 bridgehead atoms. The van der Waals surface area contributed by atoms with Crippen LogP contribution in [0.15, 0.2) is 0 Å². The molecule has 0 heterocycles. The van der Waals surface area contributed by atoms with Gasteiger partial charge in [-0.2, -0.15) is 0 Å². The standard InChI is InChI=1S/C11H21N3O4/c1-6(2)5-8(13)11(17)18-10(16)7(12)3-4-9(14)15/h6-8H,3-5,12-13H2,1-2H3,(H2,14,15)/t7-,8-/m0/s1. The van der Waals surface area contributed by atoms with E-state index >= 15 is 0 Å². The van der Waals surface area contributed by atoms with Gasteiger partial charge in [0.05, 0.1) is 0 Å². The van der Waals surface area contributed by atoms with Gasteiger partial charge in [0, 0.05) is 6.42 Å². The third kappa shape index (κ3) is 6.97. The highest BCUT2D eigenvalue weighted by molar-refractivity contribution is 5.90. The summed E-state index contributed by atoms with van der Waals surface area (Å²) < 4.78 is 4.53. The van der Waals surface area contributed by atoms with E-state index < -0.39 is 29.9 Å². The monoisotopic (exact) mass is 259 g/mol. The van der Waals surface area contributed by atoms with Gasteiger partial charge in [-0.25, -0.2) is 9.59 Å². The molecular formula is C11H21N3O4. The zero-order valence-corrected chi connectivity index (χ0v) is 10.7. The van der Waals surface area contributed by atoms with E-state index in [9.17, 15) is 14.4 Å². The molecule has 7 nitrogen and oxygen atoms in total. The number of amides is 1. The average molecular weight is 259 g/mol. The van der Waals surface area contributed by atoms with E-state index in [0.29, 0.717) is 6.42 Å². The molecule has 0 radical (unpaired) electrons. The Morgan fingerprint density at radius 1 is 1.06 bits per heavy atom. The molecule has 0 spiro atoms. The highest BCUT2D eigenvalue weighted by Gasteiger charge is 2.23. The molecule has 1 amide bonds. The molecule has 2 atom stereocenters. The molecule has 0 unspecified atom stereocenters. The van der Waals surface area contributed by atoms with E-state index in [1.807, 2.05) is 13.8 Å². The van der Waals surface area contributed by atoms with Crippen LogP contribution in [-0.2, 0) is 19.1 Å². The quantitative estimate of drug-likeness (QED) is 0.397. The minimum Gasteiger partial charge on any atom is -0.391 e. The van der Waals surface area contributed by atoms with Crippen molar-refractivity contribution in [2.24, 2.45) is 23.1 Å². The highest BCUT2D eigenvalue weighted by Crippen LogP contribution is 2.05. The smallest absolute Gasteiger partial charge is 0.330 e. The molecule has 0 aliphatic carbocycles. The molecule has 0 aromatic rings. The first-order chi connectivity index (χ1) is 8.23. The van der Waals surface area contributed by atoms with E-state index in [2.05, 4.69) is 4.74 Å². The first kappa shape index (κ1) is 16.5. The molecular weight excluding hydrogens is 238 g/mol. The van der Waals surface area contributed by atoms with Gasteiger partial charge in [0.1, 0.15) is 12.1 Å². The summed E-state index contributed by atoms with van der Waals surface area (Å²) in [6, 6.07) is -1.90. The van der Waals surface area contributed by atoms with Crippen molar-refractivity contribution < 1.29 is 19.1 Å². The SMILES string of the molecule is CC(C)C[C@H](N)C(=O)OC(=O)[C@@H](N)CCC(N)=O. The Bertz CT molecular complexity index is 317. The molecule has 0 saturated carbocycles. The number of carbonyl (C=O) groups excluding carboxylic acids is 3. The fourth-order valence-electron chi connectivity index (χ4n) is 1.27. The van der Waals surface area contributed by atoms with Crippen molar-refractivity contribution >= 4 is 17.8 Å². The maximum absolute atomic E-state index is 11.4. The van der Waals surface area contributed by atoms with Crippen molar-refractivity contribution in [2.45, 2.75) is 45.2 Å². The molecule has 0 rings (SSSR count). The number of primary amides is 1. The van der Waals surface area contributed by atoms with Gasteiger partial charge < -0.3 is 21.9 Å². The Labute approximate surface area is 106 Å². The number of esters is 2. The van der Waals surface area contributed by atoms with Crippen molar-refractivity contribution in [1.29, 1.82) is 0 Å². The molecule has 0 aromatic heterocycles. The molecule has 7 heteroatoms. The van der Waals surface area contributed by atoms with Crippen LogP contribution in [0.4, 0.5) is 0 Å². The van der Waals surface area contributed by atoms with Crippen molar-refractivity contribution in [1.82, 2.24) is 0 Å². The molecule has 18 heavy (non-hydrogen) atoms. The highest BCUT2D eigenvalue weighted by atomic mass is 16.6. The first-order valence-corrected chi connectivity index (χ1v) is 5.79. The van der Waals surface area contributed by atoms with Crippen LogP contribution in [0.3, 0.4) is 0 Å². The van der Waals surface area contributed by atoms with Gasteiger partial charge in [-0.1, -0.05) is 13.8 Å². The lowest BCUT2D eigenvalue weighted by Crippen LogP contribution is -2.40. The lowest BCUT2D eigenvalue weighted by atomic mass is 10.0. The topological polar surface area (TPSA) is 138 Å². The Balaban J connectivity index is 4.13. The Hall–Kier alpha value is -1.47. The predicted octanol–water partition coefficient (Wildman–Crippen LogP) is -0.978. The maximum atomic E-state index is 11.4. The fraction of sp³-hybridized carbons (Fsp3) is 0.727. The summed E-state index contributed by atoms with van der Waals surface area (Å²) >= 11 is 0. The second-order valence-electron chi connectivity index (χ2n) is 4.59. The lowest BCUT2D eigenvalue weighted by Gasteiger charge is -2.14. The number of hydrogen-bond acceptors (Lipinski definition) is 6. The predicted molar refractivity (Wildman–Crippen MR) is 64.9 cm³/mol. The normalized spacial score (nSPS) is 14.1. The Morgan fingerprint density at radius 3 is 2.00 bits per heavy atom. The van der Waals surface area contributed by atoms with Crippen molar-refractivity contribution in [3.05, 3.63) is 0 Å². The number of nitrogens with two attached hydrogens (primary N) is 3. The minimum atomic E-state index is -1.05. The van der Waals surface area contributed by atoms with E-state index in [1.54, 1.807) is 0 Å². The summed E-state index contributed by atoms with van der Waals surface area (Å²) in [5, 5.41) is 0. The van der Waals surface area contributed by atoms with E-state index in [1.165, 1.54) is 0 Å². The maximum Gasteiger partial charge on any atom is 0.330 e. The molecule has 0 fully saturated rings. The van der Waals surface area contributed by atoms with Gasteiger partial charge in [-0.05, 0) is 18.8 Å². The van der Waals surface area contributed by atoms with Crippen LogP contribution in [0, 0.1) is 5.92 Å². The molecule has 0 aromatic carbocycles. The van der Waals surface area contributed by atoms with Crippen molar-refractivity contribution in [3.8, 4) is 0 Å². The van der Waals surface area contributed by atoms with Crippen LogP contribution >= 0.6 is 0 Å². The van der Waals surface area contributed by atoms with E-state index in [0.717, 1.165) is 0 Å². The third-order valence-corrected chi connectivity index (χ3v) is 2.23. The zero-order chi connectivity index (χ0) is 14.3. The van der Waals surface area contributed by atoms with E-state index in [4.69, 9.17) is 17.2 Å². The van der Waals surface area contributed by atoms with Gasteiger partial charge in [0.15, 0.2) is 0 Å². The van der Waals surface area contributed by atoms with E-state index in [-0.39, 0.29) is 18.8 Å². The van der Waals surface area contributed by atoms with Gasteiger partial charge >= 0.3 is 11.9 Å². The summed E-state index contributed by atoms with van der Waals surface area (Å²) in [7, 11) is 0. The summed E-state index contributed by atoms with van der Waals surface area (Å²) in [6.07, 6.45) is 0.423. The summed E-state index contributed by atoms with van der Waals surface area (Å²) in [5.74, 6) is -2.05. The van der Waals surface area contributed by atoms with Crippen molar-refractivity contribution in [2.75, 3.05) is 0 Å². The van der Waals surface area contributed by atoms with Gasteiger partial charge in [0.25, 0.3) is 0 Å². The van der Waals surface area contributed by atoms with Crippen LogP contribution in [-0.4, -0.2) is 29.9 Å². The second kappa shape index (κ2) is 7.78. The van der Waals surface area contributed by atoms with Gasteiger partial charge in [0.2, 0.25) is 5.91 Å². The fourth-order valence-corrected chi connectivity index (χ4v) is 1.27. The minimum absolute atomic E-state index is 0.0392. The third-order valence-electron chi connectivity index (χ3n) is 2.23. The molecule has 6 N–H and O–H groups in total.